The molecule has 0 saturated carbocycles. The van der Waals surface area contributed by atoms with Crippen LogP contribution in [0.3, 0.4) is 0 Å². The zero-order chi connectivity index (χ0) is 13.4. The molecular formula is C12H20NO4P. The van der Waals surface area contributed by atoms with E-state index in [9.17, 15) is 4.57 Å². The van der Waals surface area contributed by atoms with Crippen molar-refractivity contribution in [3.05, 3.63) is 24.2 Å². The summed E-state index contributed by atoms with van der Waals surface area (Å²) in [5, 5.41) is 0. The fourth-order valence-corrected chi connectivity index (χ4v) is 4.32. The fourth-order valence-electron chi connectivity index (χ4n) is 1.88. The third kappa shape index (κ3) is 2.69. The van der Waals surface area contributed by atoms with E-state index in [0.717, 1.165) is 0 Å². The number of rotatable bonds is 3. The van der Waals surface area contributed by atoms with Gasteiger partial charge in [-0.15, -0.1) is 0 Å². The maximum Gasteiger partial charge on any atom is 0.355 e. The lowest BCUT2D eigenvalue weighted by Crippen LogP contribution is -2.33. The van der Waals surface area contributed by atoms with Gasteiger partial charge in [-0.3, -0.25) is 9.46 Å². The van der Waals surface area contributed by atoms with Gasteiger partial charge in [-0.25, -0.2) is 0 Å². The van der Waals surface area contributed by atoms with Gasteiger partial charge in [0.1, 0.15) is 5.76 Å². The van der Waals surface area contributed by atoms with Gasteiger partial charge in [-0.05, 0) is 26.2 Å². The van der Waals surface area contributed by atoms with Crippen molar-refractivity contribution < 1.29 is 18.0 Å². The number of nitrogens with zero attached hydrogens (tertiary/aromatic N) is 1. The van der Waals surface area contributed by atoms with E-state index in [1.54, 1.807) is 23.3 Å². The molecule has 0 aliphatic carbocycles. The zero-order valence-corrected chi connectivity index (χ0v) is 12.1. The first-order valence-corrected chi connectivity index (χ1v) is 7.54. The molecule has 18 heavy (non-hydrogen) atoms. The van der Waals surface area contributed by atoms with Gasteiger partial charge in [0.05, 0.1) is 19.5 Å². The van der Waals surface area contributed by atoms with Crippen LogP contribution in [0, 0.1) is 5.41 Å². The van der Waals surface area contributed by atoms with Crippen LogP contribution in [-0.2, 0) is 13.6 Å². The van der Waals surface area contributed by atoms with Crippen LogP contribution in [0.5, 0.6) is 0 Å². The Morgan fingerprint density at radius 3 is 2.39 bits per heavy atom. The highest BCUT2D eigenvalue weighted by molar-refractivity contribution is 7.54. The average Bonchev–Trinajstić information content (AvgIpc) is 2.76. The first kappa shape index (κ1) is 13.8. The Morgan fingerprint density at radius 1 is 1.33 bits per heavy atom. The van der Waals surface area contributed by atoms with E-state index < -0.39 is 13.4 Å². The molecule has 0 N–H and O–H groups in total. The highest BCUT2D eigenvalue weighted by Crippen LogP contribution is 2.64. The van der Waals surface area contributed by atoms with Crippen LogP contribution in [0.1, 0.15) is 25.4 Å². The van der Waals surface area contributed by atoms with Gasteiger partial charge in [-0.2, -0.15) is 0 Å². The molecule has 1 saturated heterocycles. The summed E-state index contributed by atoms with van der Waals surface area (Å²) in [6.07, 6.45) is 1.56. The molecule has 1 atom stereocenters. The SMILES string of the molecule is CN(C)C(c1ccco1)P1(=O)OCC(C)(C)CO1. The molecule has 0 spiro atoms. The minimum atomic E-state index is -3.22. The quantitative estimate of drug-likeness (QED) is 0.792. The van der Waals surface area contributed by atoms with Crippen LogP contribution in [0.25, 0.3) is 0 Å². The van der Waals surface area contributed by atoms with E-state index in [-0.39, 0.29) is 5.41 Å². The van der Waals surface area contributed by atoms with Crippen LogP contribution < -0.4 is 0 Å². The highest BCUT2D eigenvalue weighted by atomic mass is 31.2. The molecule has 6 heteroatoms. The van der Waals surface area contributed by atoms with Crippen molar-refractivity contribution in [2.75, 3.05) is 27.3 Å². The molecule has 5 nitrogen and oxygen atoms in total. The van der Waals surface area contributed by atoms with Crippen LogP contribution in [0.15, 0.2) is 22.8 Å². The smallest absolute Gasteiger partial charge is 0.355 e. The number of hydrogen-bond donors (Lipinski definition) is 0. The Labute approximate surface area is 108 Å². The lowest BCUT2D eigenvalue weighted by atomic mass is 9.97. The van der Waals surface area contributed by atoms with Crippen molar-refractivity contribution in [3.8, 4) is 0 Å². The van der Waals surface area contributed by atoms with Gasteiger partial charge in [0.15, 0.2) is 5.78 Å². The van der Waals surface area contributed by atoms with Crippen molar-refractivity contribution in [2.45, 2.75) is 19.6 Å². The van der Waals surface area contributed by atoms with Gasteiger partial charge >= 0.3 is 7.60 Å². The van der Waals surface area contributed by atoms with Gasteiger partial charge in [0.2, 0.25) is 0 Å². The van der Waals surface area contributed by atoms with E-state index in [4.69, 9.17) is 13.5 Å². The minimum absolute atomic E-state index is 0.103. The van der Waals surface area contributed by atoms with Gasteiger partial charge in [0.25, 0.3) is 0 Å². The Kier molecular flexibility index (Phi) is 3.70. The van der Waals surface area contributed by atoms with Crippen molar-refractivity contribution in [3.63, 3.8) is 0 Å². The Hall–Kier alpha value is -0.610. The summed E-state index contributed by atoms with van der Waals surface area (Å²) < 4.78 is 29.3. The molecule has 2 rings (SSSR count). The Balaban J connectivity index is 2.25. The largest absolute Gasteiger partial charge is 0.467 e. The van der Waals surface area contributed by atoms with E-state index in [2.05, 4.69) is 0 Å². The van der Waals surface area contributed by atoms with Crippen molar-refractivity contribution in [2.24, 2.45) is 5.41 Å². The average molecular weight is 273 g/mol. The summed E-state index contributed by atoms with van der Waals surface area (Å²) >= 11 is 0. The first-order valence-electron chi connectivity index (χ1n) is 5.93. The predicted octanol–water partition coefficient (Wildman–Crippen LogP) is 3.11. The molecule has 0 amide bonds. The summed E-state index contributed by atoms with van der Waals surface area (Å²) in [4.78, 5) is 1.80. The Bertz CT molecular complexity index is 427. The Morgan fingerprint density at radius 2 is 1.94 bits per heavy atom. The van der Waals surface area contributed by atoms with Gasteiger partial charge < -0.3 is 13.5 Å². The van der Waals surface area contributed by atoms with Crippen LogP contribution in [0.2, 0.25) is 0 Å². The third-order valence-electron chi connectivity index (χ3n) is 2.86. The molecule has 0 aromatic carbocycles. The second-order valence-corrected chi connectivity index (χ2v) is 7.69. The van der Waals surface area contributed by atoms with Crippen LogP contribution >= 0.6 is 7.60 Å². The monoisotopic (exact) mass is 273 g/mol. The van der Waals surface area contributed by atoms with E-state index in [1.165, 1.54) is 0 Å². The molecule has 0 bridgehead atoms. The summed E-state index contributed by atoms with van der Waals surface area (Å²) in [6.45, 7) is 4.90. The van der Waals surface area contributed by atoms with Crippen LogP contribution in [0.4, 0.5) is 0 Å². The molecule has 0 radical (unpaired) electrons. The first-order chi connectivity index (χ1) is 8.34. The topological polar surface area (TPSA) is 51.9 Å². The third-order valence-corrected chi connectivity index (χ3v) is 5.15. The standard InChI is InChI=1S/C12H20NO4P/c1-12(2)8-16-18(14,17-9-12)11(13(3)4)10-6-5-7-15-10/h5-7,11H,8-9H2,1-4H3. The lowest BCUT2D eigenvalue weighted by molar-refractivity contribution is 0.0300. The second-order valence-electron chi connectivity index (χ2n) is 5.60. The van der Waals surface area contributed by atoms with Gasteiger partial charge in [-0.1, -0.05) is 13.8 Å². The molecule has 1 aromatic rings. The summed E-state index contributed by atoms with van der Waals surface area (Å²) in [5.74, 6) is 0.103. The molecule has 1 aliphatic rings. The van der Waals surface area contributed by atoms with E-state index in [1.807, 2.05) is 27.9 Å². The molecule has 102 valence electrons. The van der Waals surface area contributed by atoms with Crippen LogP contribution in [-0.4, -0.2) is 32.2 Å². The minimum Gasteiger partial charge on any atom is -0.467 e. The van der Waals surface area contributed by atoms with E-state index >= 15 is 0 Å². The molecule has 2 heterocycles. The van der Waals surface area contributed by atoms with Crippen molar-refractivity contribution in [1.82, 2.24) is 4.90 Å². The number of furan rings is 1. The summed E-state index contributed by atoms with van der Waals surface area (Å²) in [6, 6.07) is 3.56. The fraction of sp³-hybridized carbons (Fsp3) is 0.667. The molecule has 1 aromatic heterocycles. The summed E-state index contributed by atoms with van der Waals surface area (Å²) in [5.41, 5.74) is -0.103. The van der Waals surface area contributed by atoms with Crippen molar-refractivity contribution >= 4 is 7.60 Å². The maximum atomic E-state index is 12.8. The predicted molar refractivity (Wildman–Crippen MR) is 68.4 cm³/mol. The van der Waals surface area contributed by atoms with E-state index in [0.29, 0.717) is 19.0 Å². The molecule has 1 aliphatic heterocycles. The lowest BCUT2D eigenvalue weighted by Gasteiger charge is -2.38. The maximum absolute atomic E-state index is 12.8. The molecule has 1 unspecified atom stereocenters. The molecular weight excluding hydrogens is 253 g/mol. The summed E-state index contributed by atoms with van der Waals surface area (Å²) in [7, 11) is 0.449. The van der Waals surface area contributed by atoms with Gasteiger partial charge in [0, 0.05) is 5.41 Å². The molecule has 1 fully saturated rings. The van der Waals surface area contributed by atoms with Crippen molar-refractivity contribution in [1.29, 1.82) is 0 Å². The second kappa shape index (κ2) is 4.82. The normalized spacial score (nSPS) is 24.1. The zero-order valence-electron chi connectivity index (χ0n) is 11.3. The number of hydrogen-bond acceptors (Lipinski definition) is 5. The highest BCUT2D eigenvalue weighted by Gasteiger charge is 2.46.